The van der Waals surface area contributed by atoms with Crippen LogP contribution in [0.15, 0.2) is 17.9 Å². The largest absolute Gasteiger partial charge is 0.343 e. The quantitative estimate of drug-likeness (QED) is 0.759. The second-order valence-electron chi connectivity index (χ2n) is 8.75. The number of aromatic nitrogens is 4. The van der Waals surface area contributed by atoms with Crippen molar-refractivity contribution in [3.05, 3.63) is 23.7 Å². The van der Waals surface area contributed by atoms with Crippen LogP contribution in [0.1, 0.15) is 69.5 Å². The molecule has 0 atom stereocenters. The first-order chi connectivity index (χ1) is 14.5. The van der Waals surface area contributed by atoms with Crippen LogP contribution in [0.4, 0.5) is 5.13 Å². The van der Waals surface area contributed by atoms with E-state index in [1.165, 1.54) is 17.8 Å². The van der Waals surface area contributed by atoms with Crippen LogP contribution in [0.5, 0.6) is 0 Å². The van der Waals surface area contributed by atoms with E-state index in [9.17, 15) is 9.59 Å². The first-order valence-corrected chi connectivity index (χ1v) is 11.7. The van der Waals surface area contributed by atoms with Crippen molar-refractivity contribution in [2.75, 3.05) is 18.4 Å². The van der Waals surface area contributed by atoms with Crippen molar-refractivity contribution < 1.29 is 9.59 Å². The molecule has 2 aliphatic rings. The molecule has 0 bridgehead atoms. The van der Waals surface area contributed by atoms with Crippen molar-refractivity contribution in [1.82, 2.24) is 24.6 Å². The van der Waals surface area contributed by atoms with Gasteiger partial charge in [-0.05, 0) is 31.1 Å². The van der Waals surface area contributed by atoms with Crippen LogP contribution in [0.25, 0.3) is 0 Å². The lowest BCUT2D eigenvalue weighted by atomic mass is 9.69. The Kier molecular flexibility index (Phi) is 6.46. The van der Waals surface area contributed by atoms with Crippen molar-refractivity contribution in [3.63, 3.8) is 0 Å². The van der Waals surface area contributed by atoms with Crippen LogP contribution in [0.3, 0.4) is 0 Å². The summed E-state index contributed by atoms with van der Waals surface area (Å²) in [6.07, 6.45) is 11.4. The molecule has 3 heterocycles. The molecule has 0 unspecified atom stereocenters. The van der Waals surface area contributed by atoms with Gasteiger partial charge < -0.3 is 14.8 Å². The zero-order chi connectivity index (χ0) is 21.0. The zero-order valence-electron chi connectivity index (χ0n) is 17.5. The zero-order valence-corrected chi connectivity index (χ0v) is 18.4. The number of carbonyl (C=O) groups is 2. The van der Waals surface area contributed by atoms with Gasteiger partial charge in [-0.2, -0.15) is 0 Å². The molecule has 2 amide bonds. The van der Waals surface area contributed by atoms with Crippen molar-refractivity contribution in [2.45, 2.75) is 63.7 Å². The fraction of sp³-hybridized carbons (Fsp3) is 0.667. The molecule has 1 aliphatic heterocycles. The number of nitrogens with one attached hydrogen (secondary N) is 1. The van der Waals surface area contributed by atoms with Gasteiger partial charge in [-0.1, -0.05) is 19.3 Å². The number of amides is 2. The number of likely N-dealkylation sites (tertiary alicyclic amines) is 1. The van der Waals surface area contributed by atoms with Gasteiger partial charge in [0.25, 0.3) is 0 Å². The molecule has 9 heteroatoms. The number of rotatable bonds is 6. The third-order valence-corrected chi connectivity index (χ3v) is 7.30. The van der Waals surface area contributed by atoms with Gasteiger partial charge in [0.1, 0.15) is 12.2 Å². The summed E-state index contributed by atoms with van der Waals surface area (Å²) in [6.45, 7) is 1.50. The number of carbonyl (C=O) groups excluding carboxylic acids is 2. The molecule has 2 aromatic rings. The van der Waals surface area contributed by atoms with E-state index in [2.05, 4.69) is 20.5 Å². The molecular weight excluding hydrogens is 400 g/mol. The molecule has 2 aromatic heterocycles. The van der Waals surface area contributed by atoms with Gasteiger partial charge >= 0.3 is 0 Å². The van der Waals surface area contributed by atoms with Gasteiger partial charge in [0.15, 0.2) is 5.13 Å². The maximum atomic E-state index is 13.2. The van der Waals surface area contributed by atoms with Gasteiger partial charge in [-0.25, -0.2) is 4.98 Å². The Bertz CT molecular complexity index is 851. The molecule has 1 saturated heterocycles. The van der Waals surface area contributed by atoms with E-state index in [4.69, 9.17) is 0 Å². The SMILES string of the molecule is Cn1cnnc1C1CCN(C(=O)CC2(CC(=O)Nc3nccs3)CCCCC2)CC1. The van der Waals surface area contributed by atoms with Crippen LogP contribution in [0, 0.1) is 5.41 Å². The molecule has 1 N–H and O–H groups in total. The number of anilines is 1. The minimum Gasteiger partial charge on any atom is -0.343 e. The molecule has 8 nitrogen and oxygen atoms in total. The maximum absolute atomic E-state index is 13.2. The molecule has 0 aromatic carbocycles. The smallest absolute Gasteiger partial charge is 0.226 e. The third-order valence-electron chi connectivity index (χ3n) is 6.61. The predicted molar refractivity (Wildman–Crippen MR) is 115 cm³/mol. The molecule has 0 spiro atoms. The van der Waals surface area contributed by atoms with E-state index in [-0.39, 0.29) is 17.2 Å². The molecule has 162 valence electrons. The highest BCUT2D eigenvalue weighted by atomic mass is 32.1. The Balaban J connectivity index is 1.35. The predicted octanol–water partition coefficient (Wildman–Crippen LogP) is 3.35. The first kappa shape index (κ1) is 21.0. The summed E-state index contributed by atoms with van der Waals surface area (Å²) >= 11 is 1.42. The van der Waals surface area contributed by atoms with Gasteiger partial charge in [0.2, 0.25) is 11.8 Å². The summed E-state index contributed by atoms with van der Waals surface area (Å²) in [5.41, 5.74) is -0.225. The molecule has 1 aliphatic carbocycles. The second kappa shape index (κ2) is 9.24. The van der Waals surface area contributed by atoms with E-state index >= 15 is 0 Å². The average Bonchev–Trinajstić information content (AvgIpc) is 3.40. The molecule has 0 radical (unpaired) electrons. The average molecular weight is 431 g/mol. The van der Waals surface area contributed by atoms with E-state index < -0.39 is 0 Å². The monoisotopic (exact) mass is 430 g/mol. The number of nitrogens with zero attached hydrogens (tertiary/aromatic N) is 5. The number of piperidine rings is 1. The summed E-state index contributed by atoms with van der Waals surface area (Å²) in [4.78, 5) is 32.0. The molecule has 2 fully saturated rings. The summed E-state index contributed by atoms with van der Waals surface area (Å²) in [7, 11) is 1.97. The van der Waals surface area contributed by atoms with Crippen molar-refractivity contribution >= 4 is 28.3 Å². The molecule has 4 rings (SSSR count). The highest BCUT2D eigenvalue weighted by Crippen LogP contribution is 2.43. The van der Waals surface area contributed by atoms with Gasteiger partial charge in [0, 0.05) is 50.5 Å². The first-order valence-electron chi connectivity index (χ1n) is 10.9. The lowest BCUT2D eigenvalue weighted by Gasteiger charge is -2.39. The number of thiazole rings is 1. The standard InChI is InChI=1S/C21H30N6O2S/c1-26-15-23-25-19(26)16-5-10-27(11-6-16)18(29)14-21(7-3-2-4-8-21)13-17(28)24-20-22-9-12-30-20/h9,12,15-16H,2-8,10-11,13-14H2,1H3,(H,22,24,28). The summed E-state index contributed by atoms with van der Waals surface area (Å²) in [6, 6.07) is 0. The minimum atomic E-state index is -0.225. The second-order valence-corrected chi connectivity index (χ2v) is 9.65. The van der Waals surface area contributed by atoms with Crippen molar-refractivity contribution in [1.29, 1.82) is 0 Å². The highest BCUT2D eigenvalue weighted by molar-refractivity contribution is 7.13. The van der Waals surface area contributed by atoms with Gasteiger partial charge in [-0.3, -0.25) is 9.59 Å². The van der Waals surface area contributed by atoms with E-state index in [1.807, 2.05) is 21.9 Å². The van der Waals surface area contributed by atoms with Gasteiger partial charge in [-0.15, -0.1) is 21.5 Å². The Morgan fingerprint density at radius 2 is 1.97 bits per heavy atom. The Labute approximate surface area is 181 Å². The van der Waals surface area contributed by atoms with Crippen LogP contribution >= 0.6 is 11.3 Å². The lowest BCUT2D eigenvalue weighted by Crippen LogP contribution is -2.42. The Hall–Kier alpha value is -2.29. The number of hydrogen-bond acceptors (Lipinski definition) is 6. The van der Waals surface area contributed by atoms with Crippen LogP contribution in [0.2, 0.25) is 0 Å². The van der Waals surface area contributed by atoms with Crippen molar-refractivity contribution in [2.24, 2.45) is 12.5 Å². The summed E-state index contributed by atoms with van der Waals surface area (Å²) in [5, 5.41) is 13.6. The van der Waals surface area contributed by atoms with E-state index in [0.717, 1.165) is 57.4 Å². The Morgan fingerprint density at radius 3 is 2.60 bits per heavy atom. The summed E-state index contributed by atoms with van der Waals surface area (Å²) < 4.78 is 1.97. The van der Waals surface area contributed by atoms with E-state index in [1.54, 1.807) is 12.5 Å². The minimum absolute atomic E-state index is 0.0272. The Morgan fingerprint density at radius 1 is 1.20 bits per heavy atom. The van der Waals surface area contributed by atoms with Crippen LogP contribution in [-0.4, -0.2) is 49.6 Å². The normalized spacial score (nSPS) is 19.6. The third kappa shape index (κ3) is 4.88. The number of hydrogen-bond donors (Lipinski definition) is 1. The van der Waals surface area contributed by atoms with Crippen molar-refractivity contribution in [3.8, 4) is 0 Å². The fourth-order valence-corrected chi connectivity index (χ4v) is 5.53. The fourth-order valence-electron chi connectivity index (χ4n) is 4.99. The lowest BCUT2D eigenvalue weighted by molar-refractivity contribution is -0.136. The molecule has 1 saturated carbocycles. The molecular formula is C21H30N6O2S. The van der Waals surface area contributed by atoms with Crippen LogP contribution < -0.4 is 5.32 Å². The highest BCUT2D eigenvalue weighted by Gasteiger charge is 2.38. The molecule has 30 heavy (non-hydrogen) atoms. The topological polar surface area (TPSA) is 93.0 Å². The van der Waals surface area contributed by atoms with Crippen LogP contribution in [-0.2, 0) is 16.6 Å². The number of aryl methyl sites for hydroxylation is 1. The maximum Gasteiger partial charge on any atom is 0.226 e. The van der Waals surface area contributed by atoms with E-state index in [0.29, 0.717) is 23.9 Å². The summed E-state index contributed by atoms with van der Waals surface area (Å²) in [5.74, 6) is 1.52. The van der Waals surface area contributed by atoms with Gasteiger partial charge in [0.05, 0.1) is 0 Å².